The molecule has 5 amide bonds. The maximum absolute atomic E-state index is 13.6. The topological polar surface area (TPSA) is 298 Å². The van der Waals surface area contributed by atoms with E-state index in [-0.39, 0.29) is 123 Å². The summed E-state index contributed by atoms with van der Waals surface area (Å²) in [6.07, 6.45) is 1.27. The highest BCUT2D eigenvalue weighted by Gasteiger charge is 2.28. The lowest BCUT2D eigenvalue weighted by Gasteiger charge is -2.19. The first-order chi connectivity index (χ1) is 33.8. The van der Waals surface area contributed by atoms with Crippen LogP contribution in [0.4, 0.5) is 22.0 Å². The highest BCUT2D eigenvalue weighted by Crippen LogP contribution is 2.29. The highest BCUT2D eigenvalue weighted by molar-refractivity contribution is 5.90. The van der Waals surface area contributed by atoms with Crippen molar-refractivity contribution in [3.05, 3.63) is 29.1 Å². The molecule has 27 heteroatoms. The van der Waals surface area contributed by atoms with Crippen LogP contribution in [0.2, 0.25) is 0 Å². The fourth-order valence-electron chi connectivity index (χ4n) is 5.40. The van der Waals surface area contributed by atoms with Crippen molar-refractivity contribution in [2.24, 2.45) is 11.5 Å². The van der Waals surface area contributed by atoms with Gasteiger partial charge in [-0.05, 0) is 25.7 Å². The second kappa shape index (κ2) is 42.0. The molecule has 1 aromatic rings. The molecular formula is C43H70F5N7O15. The first-order valence-electron chi connectivity index (χ1n) is 22.9. The average molecular weight is 1020 g/mol. The van der Waals surface area contributed by atoms with Crippen LogP contribution in [-0.4, -0.2) is 187 Å². The fraction of sp³-hybridized carbons (Fsp3) is 0.721. The lowest BCUT2D eigenvalue weighted by Crippen LogP contribution is -2.49. The number of hydrogen-bond acceptors (Lipinski definition) is 17. The van der Waals surface area contributed by atoms with Gasteiger partial charge in [-0.1, -0.05) is 0 Å². The van der Waals surface area contributed by atoms with Gasteiger partial charge in [-0.15, -0.1) is 0 Å². The highest BCUT2D eigenvalue weighted by atomic mass is 19.2. The smallest absolute Gasteiger partial charge is 0.313 e. The van der Waals surface area contributed by atoms with E-state index in [0.29, 0.717) is 78.5 Å². The quantitative estimate of drug-likeness (QED) is 0.0107. The molecule has 0 saturated carbocycles. The van der Waals surface area contributed by atoms with E-state index in [9.17, 15) is 50.7 Å². The molecular weight excluding hydrogens is 949 g/mol. The third-order valence-electron chi connectivity index (χ3n) is 8.96. The Morgan fingerprint density at radius 1 is 0.414 bits per heavy atom. The number of benzene rings is 1. The van der Waals surface area contributed by atoms with E-state index in [1.807, 2.05) is 0 Å². The van der Waals surface area contributed by atoms with Crippen molar-refractivity contribution in [3.8, 4) is 5.75 Å². The number of amides is 5. The molecule has 0 saturated heterocycles. The number of nitrogens with two attached hydrogens (primary N) is 2. The molecule has 402 valence electrons. The van der Waals surface area contributed by atoms with Gasteiger partial charge in [0.15, 0.2) is 0 Å². The molecule has 0 fully saturated rings. The Labute approximate surface area is 403 Å². The molecule has 70 heavy (non-hydrogen) atoms. The Morgan fingerprint density at radius 3 is 1.33 bits per heavy atom. The second-order valence-electron chi connectivity index (χ2n) is 14.6. The van der Waals surface area contributed by atoms with E-state index in [0.717, 1.165) is 0 Å². The van der Waals surface area contributed by atoms with Crippen molar-refractivity contribution in [1.29, 1.82) is 0 Å². The Morgan fingerprint density at radius 2 is 0.829 bits per heavy atom. The van der Waals surface area contributed by atoms with E-state index >= 15 is 0 Å². The summed E-state index contributed by atoms with van der Waals surface area (Å²) >= 11 is 0. The van der Waals surface area contributed by atoms with Crippen molar-refractivity contribution >= 4 is 35.5 Å². The average Bonchev–Trinajstić information content (AvgIpc) is 3.34. The van der Waals surface area contributed by atoms with Gasteiger partial charge < -0.3 is 80.7 Å². The van der Waals surface area contributed by atoms with Gasteiger partial charge in [0, 0.05) is 52.0 Å². The van der Waals surface area contributed by atoms with E-state index in [1.165, 1.54) is 0 Å². The van der Waals surface area contributed by atoms with Crippen LogP contribution in [0.3, 0.4) is 0 Å². The Bertz CT molecular complexity index is 1630. The van der Waals surface area contributed by atoms with Crippen molar-refractivity contribution in [2.45, 2.75) is 57.4 Å². The van der Waals surface area contributed by atoms with Crippen molar-refractivity contribution in [3.63, 3.8) is 0 Å². The fourth-order valence-corrected chi connectivity index (χ4v) is 5.40. The molecule has 0 aromatic heterocycles. The monoisotopic (exact) mass is 1020 g/mol. The second-order valence-corrected chi connectivity index (χ2v) is 14.6. The zero-order chi connectivity index (χ0) is 51.6. The van der Waals surface area contributed by atoms with E-state index < -0.39 is 71.0 Å². The zero-order valence-electron chi connectivity index (χ0n) is 39.5. The lowest BCUT2D eigenvalue weighted by atomic mass is 10.1. The van der Waals surface area contributed by atoms with Crippen molar-refractivity contribution in [1.82, 2.24) is 26.6 Å². The molecule has 22 nitrogen and oxygen atoms in total. The summed E-state index contributed by atoms with van der Waals surface area (Å²) in [4.78, 5) is 74.3. The van der Waals surface area contributed by atoms with Gasteiger partial charge >= 0.3 is 5.97 Å². The number of nitrogens with one attached hydrogen (secondary N) is 5. The standard InChI is InChI=1S/C43H70F5N7O15/c44-37-38(45)40(47)42(41(48)39(37)46)70-36(60)8-16-64-22-26-68-28-29-69-27-25-67-19-13-53-35(59)30-54-43(61)31(4-1-2-11-51-32(56)6-14-62-20-23-65-17-9-49)55-34(58)5-3-12-52-33(57)7-15-63-21-24-66-18-10-50/h31H,1-30,49-50H2,(H,51,56)(H,52,57)(H,53,59)(H,54,61)(H,55,58)/t31-/m0/s1. The summed E-state index contributed by atoms with van der Waals surface area (Å²) in [5.74, 6) is -16.3. The Kier molecular flexibility index (Phi) is 38.0. The Hall–Kier alpha value is -4.71. The number of ether oxygens (including phenoxy) is 9. The van der Waals surface area contributed by atoms with Crippen LogP contribution in [0, 0.1) is 29.1 Å². The zero-order valence-corrected chi connectivity index (χ0v) is 39.5. The minimum Gasteiger partial charge on any atom is -0.420 e. The van der Waals surface area contributed by atoms with Crippen LogP contribution in [0.5, 0.6) is 5.75 Å². The number of esters is 1. The maximum atomic E-state index is 13.6. The van der Waals surface area contributed by atoms with E-state index in [1.54, 1.807) is 0 Å². The maximum Gasteiger partial charge on any atom is 0.313 e. The molecule has 1 atom stereocenters. The van der Waals surface area contributed by atoms with Gasteiger partial charge in [-0.2, -0.15) is 8.78 Å². The SMILES string of the molecule is NCCOCCOCCC(=O)NCCCC[C@H](NC(=O)CCCNC(=O)CCOCCOCCN)C(=O)NCC(=O)NCCOCCOCCOCCOCCC(=O)Oc1c(F)c(F)c(F)c(F)c1F. The largest absolute Gasteiger partial charge is 0.420 e. The molecule has 1 aromatic carbocycles. The number of halogens is 5. The molecule has 0 aliphatic heterocycles. The van der Waals surface area contributed by atoms with Gasteiger partial charge in [0.25, 0.3) is 0 Å². The number of unbranched alkanes of at least 4 members (excludes halogenated alkanes) is 1. The third kappa shape index (κ3) is 32.2. The summed E-state index contributed by atoms with van der Waals surface area (Å²) in [5.41, 5.74) is 10.7. The van der Waals surface area contributed by atoms with Crippen molar-refractivity contribution in [2.75, 3.05) is 145 Å². The van der Waals surface area contributed by atoms with Crippen LogP contribution in [0.15, 0.2) is 0 Å². The number of carbonyl (C=O) groups excluding carboxylic acids is 6. The van der Waals surface area contributed by atoms with Gasteiger partial charge in [-0.3, -0.25) is 28.8 Å². The molecule has 0 heterocycles. The molecule has 0 radical (unpaired) electrons. The molecule has 0 aliphatic rings. The van der Waals surface area contributed by atoms with Crippen LogP contribution in [0.1, 0.15) is 51.4 Å². The van der Waals surface area contributed by atoms with E-state index in [2.05, 4.69) is 31.3 Å². The summed E-state index contributed by atoms with van der Waals surface area (Å²) in [6.45, 7) is 4.55. The number of carbonyl (C=O) groups is 6. The van der Waals surface area contributed by atoms with Crippen LogP contribution in [-0.2, 0) is 66.7 Å². The van der Waals surface area contributed by atoms with Crippen LogP contribution in [0.25, 0.3) is 0 Å². The van der Waals surface area contributed by atoms with E-state index in [4.69, 9.17) is 49.4 Å². The molecule has 0 aliphatic carbocycles. The van der Waals surface area contributed by atoms with Gasteiger partial charge in [0.1, 0.15) is 6.04 Å². The lowest BCUT2D eigenvalue weighted by molar-refractivity contribution is -0.136. The summed E-state index contributed by atoms with van der Waals surface area (Å²) < 4.78 is 113. The first-order valence-corrected chi connectivity index (χ1v) is 22.9. The minimum atomic E-state index is -2.38. The van der Waals surface area contributed by atoms with Crippen LogP contribution >= 0.6 is 0 Å². The molecule has 0 spiro atoms. The summed E-state index contributed by atoms with van der Waals surface area (Å²) in [5, 5.41) is 13.3. The molecule has 9 N–H and O–H groups in total. The first kappa shape index (κ1) is 63.3. The molecule has 0 unspecified atom stereocenters. The Balaban J connectivity index is 2.29. The minimum absolute atomic E-state index is 0.00914. The van der Waals surface area contributed by atoms with Crippen LogP contribution < -0.4 is 42.8 Å². The number of hydrogen-bond donors (Lipinski definition) is 7. The van der Waals surface area contributed by atoms with Gasteiger partial charge in [0.2, 0.25) is 64.4 Å². The molecule has 0 bridgehead atoms. The third-order valence-corrected chi connectivity index (χ3v) is 8.96. The summed E-state index contributed by atoms with van der Waals surface area (Å²) in [6, 6.07) is -0.972. The van der Waals surface area contributed by atoms with Gasteiger partial charge in [-0.25, -0.2) is 13.2 Å². The predicted octanol–water partition coefficient (Wildman–Crippen LogP) is -0.592. The summed E-state index contributed by atoms with van der Waals surface area (Å²) in [7, 11) is 0. The number of rotatable bonds is 45. The molecule has 1 rings (SSSR count). The normalized spacial score (nSPS) is 11.5. The predicted molar refractivity (Wildman–Crippen MR) is 237 cm³/mol. The van der Waals surface area contributed by atoms with Gasteiger partial charge in [0.05, 0.1) is 119 Å². The van der Waals surface area contributed by atoms with Crippen molar-refractivity contribution < 1.29 is 93.4 Å².